The van der Waals surface area contributed by atoms with Crippen molar-refractivity contribution in [1.29, 1.82) is 0 Å². The number of hydrogen-bond donors (Lipinski definition) is 0. The minimum Gasteiger partial charge on any atom is -0.274 e. The Labute approximate surface area is 139 Å². The summed E-state index contributed by atoms with van der Waals surface area (Å²) in [5, 5.41) is 0. The second-order valence-electron chi connectivity index (χ2n) is 6.21. The Morgan fingerprint density at radius 1 is 1.14 bits per heavy atom. The highest BCUT2D eigenvalue weighted by Crippen LogP contribution is 2.60. The molecule has 1 aliphatic heterocycles. The number of aromatic nitrogens is 1. The number of anilines is 1. The lowest BCUT2D eigenvalue weighted by Gasteiger charge is -2.28. The molecular formula is C15H14Br2N2O2. The quantitative estimate of drug-likeness (QED) is 0.525. The summed E-state index contributed by atoms with van der Waals surface area (Å²) in [6.07, 6.45) is 2.60. The third kappa shape index (κ3) is 1.75. The predicted octanol–water partition coefficient (Wildman–Crippen LogP) is 2.67. The van der Waals surface area contributed by atoms with Crippen molar-refractivity contribution in [2.75, 3.05) is 4.90 Å². The highest BCUT2D eigenvalue weighted by Gasteiger charge is 2.66. The van der Waals surface area contributed by atoms with Crippen molar-refractivity contribution >= 4 is 49.5 Å². The van der Waals surface area contributed by atoms with Gasteiger partial charge in [-0.3, -0.25) is 9.59 Å². The van der Waals surface area contributed by atoms with Crippen LogP contribution < -0.4 is 4.90 Å². The van der Waals surface area contributed by atoms with Crippen molar-refractivity contribution in [1.82, 2.24) is 4.98 Å². The number of carbonyl (C=O) groups is 2. The van der Waals surface area contributed by atoms with E-state index in [0.717, 1.165) is 12.0 Å². The standard InChI is InChI=1S/C15H14Br2N2O2/c1-6-2-3-18-9(4-6)19-14(20)10-7-5-8(11(10)15(19)21)13(17)12(7)16/h2-4,7-8,10-13H,5H2,1H3/t7-,8-,10-,11+,12-,13+/m0/s1. The summed E-state index contributed by atoms with van der Waals surface area (Å²) < 4.78 is 0. The predicted molar refractivity (Wildman–Crippen MR) is 85.5 cm³/mol. The molecule has 0 N–H and O–H groups in total. The van der Waals surface area contributed by atoms with Gasteiger partial charge in [-0.15, -0.1) is 0 Å². The van der Waals surface area contributed by atoms with Crippen molar-refractivity contribution in [3.05, 3.63) is 23.9 Å². The third-order valence-corrected chi connectivity index (χ3v) is 8.32. The van der Waals surface area contributed by atoms with Gasteiger partial charge in [-0.25, -0.2) is 9.88 Å². The first-order chi connectivity index (χ1) is 10.0. The van der Waals surface area contributed by atoms with Crippen LogP contribution in [0.4, 0.5) is 5.82 Å². The van der Waals surface area contributed by atoms with Crippen molar-refractivity contribution in [3.8, 4) is 0 Å². The molecule has 2 amide bonds. The molecule has 0 radical (unpaired) electrons. The van der Waals surface area contributed by atoms with Gasteiger partial charge in [-0.05, 0) is 42.9 Å². The molecule has 2 heterocycles. The fourth-order valence-corrected chi connectivity index (χ4v) is 6.09. The normalized spacial score (nSPS) is 41.0. The molecule has 4 nitrogen and oxygen atoms in total. The van der Waals surface area contributed by atoms with Gasteiger partial charge >= 0.3 is 0 Å². The molecule has 4 rings (SSSR count). The van der Waals surface area contributed by atoms with Gasteiger partial charge in [0.25, 0.3) is 0 Å². The number of nitrogens with zero attached hydrogens (tertiary/aromatic N) is 2. The molecule has 1 aromatic heterocycles. The average Bonchev–Trinajstić information content (AvgIpc) is 3.04. The molecule has 21 heavy (non-hydrogen) atoms. The monoisotopic (exact) mass is 412 g/mol. The van der Waals surface area contributed by atoms with Crippen LogP contribution in [-0.2, 0) is 9.59 Å². The van der Waals surface area contributed by atoms with Crippen molar-refractivity contribution < 1.29 is 9.59 Å². The molecule has 0 aromatic carbocycles. The summed E-state index contributed by atoms with van der Waals surface area (Å²) in [5.74, 6) is 0.465. The fraction of sp³-hybridized carbons (Fsp3) is 0.533. The lowest BCUT2D eigenvalue weighted by Crippen LogP contribution is -2.37. The highest BCUT2D eigenvalue weighted by atomic mass is 79.9. The van der Waals surface area contributed by atoms with Gasteiger partial charge in [0.1, 0.15) is 5.82 Å². The van der Waals surface area contributed by atoms with Crippen LogP contribution in [0.3, 0.4) is 0 Å². The van der Waals surface area contributed by atoms with Crippen LogP contribution in [0.1, 0.15) is 12.0 Å². The SMILES string of the molecule is Cc1ccnc(N2C(=O)[C@@H]3[C@@H]4C[C@H]([C@H](Br)[C@@H]4Br)[C@@H]3C2=O)c1. The summed E-state index contributed by atoms with van der Waals surface area (Å²) in [7, 11) is 0. The maximum absolute atomic E-state index is 12.8. The fourth-order valence-electron chi connectivity index (χ4n) is 4.22. The van der Waals surface area contributed by atoms with E-state index in [1.807, 2.05) is 13.0 Å². The molecule has 0 unspecified atom stereocenters. The highest BCUT2D eigenvalue weighted by molar-refractivity contribution is 9.12. The van der Waals surface area contributed by atoms with Gasteiger partial charge in [0.2, 0.25) is 11.8 Å². The van der Waals surface area contributed by atoms with E-state index in [1.165, 1.54) is 4.90 Å². The molecule has 3 aliphatic rings. The zero-order valence-electron chi connectivity index (χ0n) is 11.4. The number of amides is 2. The largest absolute Gasteiger partial charge is 0.274 e. The van der Waals surface area contributed by atoms with Crippen molar-refractivity contribution in [2.45, 2.75) is 23.0 Å². The number of alkyl halides is 2. The molecule has 110 valence electrons. The molecule has 1 aromatic rings. The third-order valence-electron chi connectivity index (χ3n) is 5.12. The number of aryl methyl sites for hydroxylation is 1. The molecule has 6 heteroatoms. The minimum atomic E-state index is -0.178. The summed E-state index contributed by atoms with van der Waals surface area (Å²) in [5.41, 5.74) is 0.998. The summed E-state index contributed by atoms with van der Waals surface area (Å²) >= 11 is 7.38. The number of rotatable bonds is 1. The molecule has 0 spiro atoms. The van der Waals surface area contributed by atoms with Crippen molar-refractivity contribution in [3.63, 3.8) is 0 Å². The first-order valence-corrected chi connectivity index (χ1v) is 8.92. The minimum absolute atomic E-state index is 0.0700. The Bertz CT molecular complexity index is 618. The maximum Gasteiger partial charge on any atom is 0.239 e. The van der Waals surface area contributed by atoms with Gasteiger partial charge in [0.15, 0.2) is 0 Å². The Balaban J connectivity index is 1.75. The Morgan fingerprint density at radius 3 is 2.24 bits per heavy atom. The van der Waals surface area contributed by atoms with Gasteiger partial charge in [0, 0.05) is 15.9 Å². The topological polar surface area (TPSA) is 50.3 Å². The van der Waals surface area contributed by atoms with Crippen LogP contribution in [-0.4, -0.2) is 26.5 Å². The molecule has 3 fully saturated rings. The molecule has 2 saturated carbocycles. The van der Waals surface area contributed by atoms with E-state index in [-0.39, 0.29) is 45.1 Å². The van der Waals surface area contributed by atoms with E-state index < -0.39 is 0 Å². The number of hydrogen-bond acceptors (Lipinski definition) is 3. The van der Waals surface area contributed by atoms with Gasteiger partial charge in [-0.1, -0.05) is 31.9 Å². The van der Waals surface area contributed by atoms with Crippen LogP contribution >= 0.6 is 31.9 Å². The van der Waals surface area contributed by atoms with Gasteiger partial charge in [-0.2, -0.15) is 0 Å². The lowest BCUT2D eigenvalue weighted by atomic mass is 9.81. The number of halogens is 2. The Hall–Kier alpha value is -0.750. The summed E-state index contributed by atoms with van der Waals surface area (Å²) in [6, 6.07) is 3.66. The van der Waals surface area contributed by atoms with Crippen LogP contribution in [0.2, 0.25) is 0 Å². The lowest BCUT2D eigenvalue weighted by molar-refractivity contribution is -0.123. The second-order valence-corrected chi connectivity index (χ2v) is 8.32. The second kappa shape index (κ2) is 4.62. The van der Waals surface area contributed by atoms with Crippen LogP contribution in [0, 0.1) is 30.6 Å². The molecular weight excluding hydrogens is 400 g/mol. The van der Waals surface area contributed by atoms with Crippen LogP contribution in [0.25, 0.3) is 0 Å². The number of carbonyl (C=O) groups excluding carboxylic acids is 2. The van der Waals surface area contributed by atoms with Crippen LogP contribution in [0.5, 0.6) is 0 Å². The van der Waals surface area contributed by atoms with E-state index in [4.69, 9.17) is 0 Å². The summed E-state index contributed by atoms with van der Waals surface area (Å²) in [4.78, 5) is 31.6. The van der Waals surface area contributed by atoms with E-state index in [2.05, 4.69) is 36.8 Å². The van der Waals surface area contributed by atoms with Crippen molar-refractivity contribution in [2.24, 2.45) is 23.7 Å². The number of imide groups is 1. The van der Waals surface area contributed by atoms with Gasteiger partial charge in [0.05, 0.1) is 11.8 Å². The summed E-state index contributed by atoms with van der Waals surface area (Å²) in [6.45, 7) is 1.93. The number of pyridine rings is 1. The zero-order valence-corrected chi connectivity index (χ0v) is 14.5. The maximum atomic E-state index is 12.8. The zero-order chi connectivity index (χ0) is 14.9. The molecule has 2 bridgehead atoms. The first-order valence-electron chi connectivity index (χ1n) is 7.09. The smallest absolute Gasteiger partial charge is 0.239 e. The number of fused-ring (bicyclic) bond motifs is 5. The van der Waals surface area contributed by atoms with Crippen LogP contribution in [0.15, 0.2) is 18.3 Å². The Kier molecular flexibility index (Phi) is 3.05. The molecule has 1 saturated heterocycles. The van der Waals surface area contributed by atoms with E-state index in [1.54, 1.807) is 12.3 Å². The van der Waals surface area contributed by atoms with E-state index in [0.29, 0.717) is 5.82 Å². The average molecular weight is 414 g/mol. The van der Waals surface area contributed by atoms with E-state index >= 15 is 0 Å². The van der Waals surface area contributed by atoms with Gasteiger partial charge < -0.3 is 0 Å². The Morgan fingerprint density at radius 2 is 1.71 bits per heavy atom. The molecule has 2 aliphatic carbocycles. The van der Waals surface area contributed by atoms with E-state index in [9.17, 15) is 9.59 Å². The molecule has 6 atom stereocenters. The first kappa shape index (κ1) is 13.9.